The van der Waals surface area contributed by atoms with Crippen molar-refractivity contribution in [2.75, 3.05) is 13.1 Å². The standard InChI is InChI=1S/C20H25N7O/c1-15-19(24-25-27(15)18-6-8-21-9-7-18)20(28)23-12-16-4-2-3-5-17(16)13-26-11-10-22-14-26/h2-5,10-11,14,18,21H,6-9,12-13H2,1H3,(H,23,28). The van der Waals surface area contributed by atoms with Crippen LogP contribution in [0, 0.1) is 6.92 Å². The lowest BCUT2D eigenvalue weighted by Crippen LogP contribution is -2.30. The molecule has 0 atom stereocenters. The fourth-order valence-corrected chi connectivity index (χ4v) is 3.67. The maximum absolute atomic E-state index is 12.7. The molecule has 0 saturated carbocycles. The van der Waals surface area contributed by atoms with Gasteiger partial charge < -0.3 is 15.2 Å². The van der Waals surface area contributed by atoms with E-state index >= 15 is 0 Å². The molecule has 1 fully saturated rings. The number of hydrogen-bond donors (Lipinski definition) is 2. The van der Waals surface area contributed by atoms with Crippen LogP contribution in [0.1, 0.15) is 46.2 Å². The Morgan fingerprint density at radius 1 is 1.25 bits per heavy atom. The number of piperidine rings is 1. The number of carbonyl (C=O) groups excluding carboxylic acids is 1. The third-order valence-corrected chi connectivity index (χ3v) is 5.27. The minimum absolute atomic E-state index is 0.185. The average Bonchev–Trinajstić information content (AvgIpc) is 3.37. The lowest BCUT2D eigenvalue weighted by atomic mass is 10.1. The topological polar surface area (TPSA) is 89.7 Å². The van der Waals surface area contributed by atoms with Gasteiger partial charge in [-0.15, -0.1) is 5.10 Å². The number of aromatic nitrogens is 5. The molecule has 146 valence electrons. The summed E-state index contributed by atoms with van der Waals surface area (Å²) in [6.45, 7) is 5.03. The molecule has 8 nitrogen and oxygen atoms in total. The zero-order chi connectivity index (χ0) is 19.3. The number of amides is 1. The summed E-state index contributed by atoms with van der Waals surface area (Å²) < 4.78 is 3.91. The van der Waals surface area contributed by atoms with E-state index in [2.05, 4.69) is 32.0 Å². The van der Waals surface area contributed by atoms with E-state index < -0.39 is 0 Å². The minimum Gasteiger partial charge on any atom is -0.346 e. The van der Waals surface area contributed by atoms with Crippen LogP contribution in [0.2, 0.25) is 0 Å². The van der Waals surface area contributed by atoms with Gasteiger partial charge in [0.25, 0.3) is 5.91 Å². The molecule has 0 aliphatic carbocycles. The third kappa shape index (κ3) is 3.96. The lowest BCUT2D eigenvalue weighted by Gasteiger charge is -2.23. The molecule has 0 radical (unpaired) electrons. The van der Waals surface area contributed by atoms with Crippen molar-refractivity contribution in [2.24, 2.45) is 0 Å². The van der Waals surface area contributed by atoms with Crippen molar-refractivity contribution >= 4 is 5.91 Å². The molecule has 0 spiro atoms. The summed E-state index contributed by atoms with van der Waals surface area (Å²) in [6, 6.07) is 8.40. The van der Waals surface area contributed by atoms with Crippen LogP contribution < -0.4 is 10.6 Å². The molecule has 1 aromatic carbocycles. The van der Waals surface area contributed by atoms with Crippen molar-refractivity contribution in [1.29, 1.82) is 0 Å². The number of hydrogen-bond acceptors (Lipinski definition) is 5. The summed E-state index contributed by atoms with van der Waals surface area (Å²) in [7, 11) is 0. The molecular weight excluding hydrogens is 354 g/mol. The number of carbonyl (C=O) groups is 1. The Morgan fingerprint density at radius 3 is 2.79 bits per heavy atom. The SMILES string of the molecule is Cc1c(C(=O)NCc2ccccc2Cn2ccnc2)nnn1C1CCNCC1. The molecule has 28 heavy (non-hydrogen) atoms. The van der Waals surface area contributed by atoms with Crippen LogP contribution >= 0.6 is 0 Å². The van der Waals surface area contributed by atoms with Gasteiger partial charge in [0.1, 0.15) is 0 Å². The molecule has 2 N–H and O–H groups in total. The molecule has 3 heterocycles. The lowest BCUT2D eigenvalue weighted by molar-refractivity contribution is 0.0945. The summed E-state index contributed by atoms with van der Waals surface area (Å²) >= 11 is 0. The highest BCUT2D eigenvalue weighted by molar-refractivity contribution is 5.93. The van der Waals surface area contributed by atoms with Crippen LogP contribution in [0.5, 0.6) is 0 Å². The molecule has 4 rings (SSSR count). The van der Waals surface area contributed by atoms with Gasteiger partial charge in [-0.2, -0.15) is 0 Å². The van der Waals surface area contributed by atoms with Gasteiger partial charge >= 0.3 is 0 Å². The Bertz CT molecular complexity index is 926. The highest BCUT2D eigenvalue weighted by Crippen LogP contribution is 2.20. The van der Waals surface area contributed by atoms with Crippen LogP contribution in [-0.2, 0) is 13.1 Å². The van der Waals surface area contributed by atoms with Crippen molar-refractivity contribution in [1.82, 2.24) is 35.2 Å². The molecule has 1 amide bonds. The number of benzene rings is 1. The molecule has 1 aliphatic heterocycles. The summed E-state index contributed by atoms with van der Waals surface area (Å²) in [5.41, 5.74) is 3.46. The van der Waals surface area contributed by atoms with Gasteiger partial charge in [-0.1, -0.05) is 29.5 Å². The molecule has 1 saturated heterocycles. The maximum atomic E-state index is 12.7. The van der Waals surface area contributed by atoms with Crippen LogP contribution in [0.25, 0.3) is 0 Å². The molecule has 8 heteroatoms. The van der Waals surface area contributed by atoms with Crippen LogP contribution in [0.4, 0.5) is 0 Å². The van der Waals surface area contributed by atoms with E-state index in [0.29, 0.717) is 18.3 Å². The Kier molecular flexibility index (Phi) is 5.48. The fourth-order valence-electron chi connectivity index (χ4n) is 3.67. The second-order valence-electron chi connectivity index (χ2n) is 7.14. The number of imidazole rings is 1. The molecule has 3 aromatic rings. The Labute approximate surface area is 164 Å². The predicted octanol–water partition coefficient (Wildman–Crippen LogP) is 1.69. The van der Waals surface area contributed by atoms with E-state index in [1.807, 2.05) is 40.6 Å². The third-order valence-electron chi connectivity index (χ3n) is 5.27. The summed E-state index contributed by atoms with van der Waals surface area (Å²) in [5.74, 6) is -0.185. The normalized spacial score (nSPS) is 14.9. The summed E-state index contributed by atoms with van der Waals surface area (Å²) in [4.78, 5) is 16.8. The average molecular weight is 379 g/mol. The van der Waals surface area contributed by atoms with Crippen LogP contribution in [-0.4, -0.2) is 43.5 Å². The Hall–Kier alpha value is -3.00. The van der Waals surface area contributed by atoms with E-state index in [1.54, 1.807) is 12.5 Å². The van der Waals surface area contributed by atoms with Gasteiger partial charge in [0.15, 0.2) is 5.69 Å². The first-order valence-electron chi connectivity index (χ1n) is 9.65. The number of rotatable bonds is 6. The highest BCUT2D eigenvalue weighted by Gasteiger charge is 2.22. The molecule has 0 bridgehead atoms. The summed E-state index contributed by atoms with van der Waals surface area (Å²) in [6.07, 6.45) is 7.49. The van der Waals surface area contributed by atoms with Gasteiger partial charge in [-0.25, -0.2) is 9.67 Å². The summed E-state index contributed by atoms with van der Waals surface area (Å²) in [5, 5.41) is 14.8. The number of nitrogens with zero attached hydrogens (tertiary/aromatic N) is 5. The van der Waals surface area contributed by atoms with Crippen LogP contribution in [0.15, 0.2) is 43.0 Å². The fraction of sp³-hybridized carbons (Fsp3) is 0.400. The second kappa shape index (κ2) is 8.35. The quantitative estimate of drug-likeness (QED) is 0.680. The first kappa shape index (κ1) is 18.4. The van der Waals surface area contributed by atoms with Crippen LogP contribution in [0.3, 0.4) is 0 Å². The molecule has 2 aromatic heterocycles. The van der Waals surface area contributed by atoms with Gasteiger partial charge in [0.2, 0.25) is 0 Å². The van der Waals surface area contributed by atoms with Gasteiger partial charge in [-0.3, -0.25) is 4.79 Å². The highest BCUT2D eigenvalue weighted by atomic mass is 16.2. The largest absolute Gasteiger partial charge is 0.346 e. The van der Waals surface area contributed by atoms with Crippen molar-refractivity contribution in [2.45, 2.75) is 38.9 Å². The first-order valence-corrected chi connectivity index (χ1v) is 9.65. The maximum Gasteiger partial charge on any atom is 0.274 e. The van der Waals surface area contributed by atoms with Gasteiger partial charge in [0.05, 0.1) is 18.1 Å². The van der Waals surface area contributed by atoms with E-state index in [4.69, 9.17) is 0 Å². The van der Waals surface area contributed by atoms with Gasteiger partial charge in [-0.05, 0) is 44.0 Å². The predicted molar refractivity (Wildman–Crippen MR) is 105 cm³/mol. The first-order chi connectivity index (χ1) is 13.7. The van der Waals surface area contributed by atoms with E-state index in [-0.39, 0.29) is 5.91 Å². The monoisotopic (exact) mass is 379 g/mol. The van der Waals surface area contributed by atoms with Crippen molar-refractivity contribution in [3.8, 4) is 0 Å². The van der Waals surface area contributed by atoms with E-state index in [1.165, 1.54) is 0 Å². The molecule has 0 unspecified atom stereocenters. The zero-order valence-electron chi connectivity index (χ0n) is 16.0. The Morgan fingerprint density at radius 2 is 2.04 bits per heavy atom. The van der Waals surface area contributed by atoms with Crippen molar-refractivity contribution in [3.63, 3.8) is 0 Å². The zero-order valence-corrected chi connectivity index (χ0v) is 16.0. The van der Waals surface area contributed by atoms with E-state index in [9.17, 15) is 4.79 Å². The smallest absolute Gasteiger partial charge is 0.274 e. The minimum atomic E-state index is -0.185. The second-order valence-corrected chi connectivity index (χ2v) is 7.14. The number of nitrogens with one attached hydrogen (secondary N) is 2. The van der Waals surface area contributed by atoms with Crippen molar-refractivity contribution < 1.29 is 4.79 Å². The van der Waals surface area contributed by atoms with Gasteiger partial charge in [0, 0.05) is 25.5 Å². The Balaban J connectivity index is 1.43. The molecular formula is C20H25N7O. The van der Waals surface area contributed by atoms with Crippen molar-refractivity contribution in [3.05, 3.63) is 65.5 Å². The van der Waals surface area contributed by atoms with E-state index in [0.717, 1.165) is 49.3 Å². The molecule has 1 aliphatic rings.